The van der Waals surface area contributed by atoms with Crippen molar-refractivity contribution < 1.29 is 0 Å². The third-order valence-corrected chi connectivity index (χ3v) is 1.92. The highest BCUT2D eigenvalue weighted by Gasteiger charge is 2.30. The van der Waals surface area contributed by atoms with Crippen molar-refractivity contribution in [2.75, 3.05) is 7.05 Å². The minimum atomic E-state index is -0.298. The van der Waals surface area contributed by atoms with Crippen LogP contribution in [0.5, 0.6) is 0 Å². The molecule has 8 heteroatoms. The molecule has 2 radical (unpaired) electrons. The summed E-state index contributed by atoms with van der Waals surface area (Å²) in [4.78, 5) is 0. The first kappa shape index (κ1) is 7.76. The van der Waals surface area contributed by atoms with Crippen molar-refractivity contribution in [3.8, 4) is 0 Å². The number of hydrogen-bond acceptors (Lipinski definition) is 3. The van der Waals surface area contributed by atoms with Crippen LogP contribution in [0, 0.1) is 0 Å². The Morgan fingerprint density at radius 3 is 2.67 bits per heavy atom. The fraction of sp³-hybridized carbons (Fsp3) is 1.00. The molecule has 9 heavy (non-hydrogen) atoms. The Kier molecular flexibility index (Phi) is 2.73. The highest BCUT2D eigenvalue weighted by atomic mass is 35.5. The molecule has 1 saturated heterocycles. The van der Waals surface area contributed by atoms with E-state index in [4.69, 9.17) is 23.2 Å². The predicted molar refractivity (Wildman–Crippen MR) is 41.7 cm³/mol. The van der Waals surface area contributed by atoms with Crippen LogP contribution in [0.15, 0.2) is 0 Å². The van der Waals surface area contributed by atoms with Crippen LogP contribution in [0.1, 0.15) is 0 Å². The van der Waals surface area contributed by atoms with Crippen LogP contribution >= 0.6 is 23.2 Å². The van der Waals surface area contributed by atoms with Gasteiger partial charge in [0.2, 0.25) is 0 Å². The van der Waals surface area contributed by atoms with Crippen LogP contribution in [0.4, 0.5) is 0 Å². The molecule has 1 rings (SSSR count). The summed E-state index contributed by atoms with van der Waals surface area (Å²) in [5.41, 5.74) is 0. The summed E-state index contributed by atoms with van der Waals surface area (Å²) < 4.78 is 3.09. The van der Waals surface area contributed by atoms with Crippen molar-refractivity contribution in [3.05, 3.63) is 0 Å². The Labute approximate surface area is 66.4 Å². The summed E-state index contributed by atoms with van der Waals surface area (Å²) in [5.74, 6) is 0. The van der Waals surface area contributed by atoms with Gasteiger partial charge < -0.3 is 9.86 Å². The minimum absolute atomic E-state index is 0.298. The molecule has 3 nitrogen and oxygen atoms in total. The molecule has 0 aromatic carbocycles. The van der Waals surface area contributed by atoms with E-state index in [1.54, 1.807) is 19.8 Å². The number of halogens is 2. The SMILES string of the molecule is CN1[B]N[B]N(Cl)B1Cl. The van der Waals surface area contributed by atoms with Crippen LogP contribution in [-0.2, 0) is 0 Å². The first-order valence-corrected chi connectivity index (χ1v) is 3.22. The molecule has 0 aliphatic carbocycles. The van der Waals surface area contributed by atoms with E-state index in [-0.39, 0.29) is 6.40 Å². The molecular formula is CH4B3Cl2N3. The Morgan fingerprint density at radius 2 is 2.22 bits per heavy atom. The topological polar surface area (TPSA) is 18.5 Å². The summed E-state index contributed by atoms with van der Waals surface area (Å²) in [6.07, 6.45) is -0.298. The molecule has 46 valence electrons. The zero-order chi connectivity index (χ0) is 6.85. The average molecular weight is 161 g/mol. The number of hydrogen-bond donors (Lipinski definition) is 1. The maximum Gasteiger partial charge on any atom is 0.412 e. The summed E-state index contributed by atoms with van der Waals surface area (Å²) >= 11 is 11.3. The van der Waals surface area contributed by atoms with Gasteiger partial charge in [0.1, 0.15) is 0 Å². The normalized spacial score (nSPS) is 23.2. The van der Waals surface area contributed by atoms with Gasteiger partial charge in [-0.2, -0.15) is 0 Å². The third-order valence-electron chi connectivity index (χ3n) is 1.02. The molecule has 0 unspecified atom stereocenters. The van der Waals surface area contributed by atoms with E-state index in [0.29, 0.717) is 0 Å². The van der Waals surface area contributed by atoms with Crippen molar-refractivity contribution in [2.45, 2.75) is 0 Å². The van der Waals surface area contributed by atoms with Gasteiger partial charge in [0.15, 0.2) is 0 Å². The largest absolute Gasteiger partial charge is 0.412 e. The van der Waals surface area contributed by atoms with E-state index in [1.807, 2.05) is 7.05 Å². The average Bonchev–Trinajstić information content (AvgIpc) is 1.83. The van der Waals surface area contributed by atoms with Crippen molar-refractivity contribution >= 4 is 44.7 Å². The first-order chi connectivity index (χ1) is 4.22. The minimum Gasteiger partial charge on any atom is -0.378 e. The fourth-order valence-corrected chi connectivity index (χ4v) is 0.826. The Balaban J connectivity index is 2.41. The lowest BCUT2D eigenvalue weighted by atomic mass is 9.81. The molecular weight excluding hydrogens is 157 g/mol. The molecule has 0 atom stereocenters. The second-order valence-corrected chi connectivity index (χ2v) is 2.53. The van der Waals surface area contributed by atoms with Gasteiger partial charge in [-0.25, -0.2) is 0 Å². The second kappa shape index (κ2) is 3.17. The first-order valence-electron chi connectivity index (χ1n) is 2.44. The van der Waals surface area contributed by atoms with Crippen LogP contribution in [0.3, 0.4) is 0 Å². The zero-order valence-corrected chi connectivity index (χ0v) is 6.39. The van der Waals surface area contributed by atoms with Gasteiger partial charge in [0, 0.05) is 0 Å². The Hall–Kier alpha value is 0.655. The molecule has 0 aromatic rings. The predicted octanol–water partition coefficient (Wildman–Crippen LogP) is -0.731. The lowest BCUT2D eigenvalue weighted by Crippen LogP contribution is -2.59. The van der Waals surface area contributed by atoms with Crippen LogP contribution in [0.2, 0.25) is 0 Å². The van der Waals surface area contributed by atoms with E-state index >= 15 is 0 Å². The van der Waals surface area contributed by atoms with Crippen molar-refractivity contribution in [1.82, 2.24) is 14.1 Å². The van der Waals surface area contributed by atoms with Gasteiger partial charge in [-0.05, 0) is 18.8 Å². The molecule has 1 aliphatic rings. The van der Waals surface area contributed by atoms with Gasteiger partial charge in [-0.15, -0.1) is 11.5 Å². The van der Waals surface area contributed by atoms with E-state index < -0.39 is 0 Å². The van der Waals surface area contributed by atoms with E-state index in [0.717, 1.165) is 0 Å². The molecule has 0 bridgehead atoms. The second-order valence-electron chi connectivity index (χ2n) is 1.75. The molecule has 0 spiro atoms. The molecule has 1 fully saturated rings. The highest BCUT2D eigenvalue weighted by Crippen LogP contribution is 2.06. The molecule has 1 heterocycles. The monoisotopic (exact) mass is 161 g/mol. The van der Waals surface area contributed by atoms with Gasteiger partial charge in [0.25, 0.3) is 7.55 Å². The maximum atomic E-state index is 5.73. The third kappa shape index (κ3) is 1.78. The van der Waals surface area contributed by atoms with Gasteiger partial charge in [-0.1, -0.05) is 0 Å². The summed E-state index contributed by atoms with van der Waals surface area (Å²) in [6, 6.07) is 0. The number of nitrogens with one attached hydrogen (secondary N) is 1. The number of rotatable bonds is 0. The molecule has 0 saturated carbocycles. The van der Waals surface area contributed by atoms with Gasteiger partial charge in [-0.3, -0.25) is 4.24 Å². The van der Waals surface area contributed by atoms with Crippen molar-refractivity contribution in [2.24, 2.45) is 0 Å². The quantitative estimate of drug-likeness (QED) is 0.373. The standard InChI is InChI=1S/CH4B3Cl2N3/c1-8-2-7-3-9(6)4(8)5/h7H,1H3. The lowest BCUT2D eigenvalue weighted by molar-refractivity contribution is 0.754. The molecule has 0 amide bonds. The van der Waals surface area contributed by atoms with E-state index in [9.17, 15) is 0 Å². The molecule has 1 N–H and O–H groups in total. The smallest absolute Gasteiger partial charge is 0.378 e. The van der Waals surface area contributed by atoms with Crippen LogP contribution in [0.25, 0.3) is 0 Å². The number of nitrogens with zero attached hydrogens (tertiary/aromatic N) is 2. The highest BCUT2D eigenvalue weighted by molar-refractivity contribution is 7.10. The summed E-state index contributed by atoms with van der Waals surface area (Å²) in [7, 11) is 5.14. The molecule has 1 aliphatic heterocycles. The van der Waals surface area contributed by atoms with Crippen molar-refractivity contribution in [3.63, 3.8) is 0 Å². The Morgan fingerprint density at radius 1 is 1.56 bits per heavy atom. The Bertz CT molecular complexity index is 93.1. The van der Waals surface area contributed by atoms with Crippen molar-refractivity contribution in [1.29, 1.82) is 0 Å². The van der Waals surface area contributed by atoms with Crippen LogP contribution in [-0.4, -0.2) is 37.5 Å². The van der Waals surface area contributed by atoms with Gasteiger partial charge >= 0.3 is 13.9 Å². The summed E-state index contributed by atoms with van der Waals surface area (Å²) in [6.45, 7) is 0. The lowest BCUT2D eigenvalue weighted by Gasteiger charge is -2.29. The molecule has 0 aromatic heterocycles. The zero-order valence-electron chi connectivity index (χ0n) is 4.88. The fourth-order valence-electron chi connectivity index (χ4n) is 0.519. The van der Waals surface area contributed by atoms with E-state index in [2.05, 4.69) is 5.14 Å². The van der Waals surface area contributed by atoms with Gasteiger partial charge in [0.05, 0.1) is 0 Å². The van der Waals surface area contributed by atoms with E-state index in [1.165, 1.54) is 4.24 Å². The summed E-state index contributed by atoms with van der Waals surface area (Å²) in [5, 5.41) is 2.80. The maximum absolute atomic E-state index is 5.73. The van der Waals surface area contributed by atoms with Crippen LogP contribution < -0.4 is 5.14 Å².